The minimum Gasteiger partial charge on any atom is -0.462 e. The van der Waals surface area contributed by atoms with E-state index in [1.165, 1.54) is 13.8 Å². The molecular weight excluding hydrogens is 480 g/mol. The van der Waals surface area contributed by atoms with E-state index in [0.29, 0.717) is 31.1 Å². The second kappa shape index (κ2) is 11.7. The number of fused-ring (bicyclic) bond motifs is 1. The number of rotatable bonds is 8. The Morgan fingerprint density at radius 2 is 1.79 bits per heavy atom. The summed E-state index contributed by atoms with van der Waals surface area (Å²) in [5.74, 6) is 0.165. The van der Waals surface area contributed by atoms with Gasteiger partial charge in [0.05, 0.1) is 5.60 Å². The molecule has 2 unspecified atom stereocenters. The van der Waals surface area contributed by atoms with Crippen LogP contribution in [0.15, 0.2) is 36.0 Å². The summed E-state index contributed by atoms with van der Waals surface area (Å²) in [5.41, 5.74) is -0.0224. The lowest BCUT2D eigenvalue weighted by atomic mass is 9.56. The van der Waals surface area contributed by atoms with E-state index >= 15 is 0 Å². The van der Waals surface area contributed by atoms with E-state index < -0.39 is 17.3 Å². The molecule has 0 bridgehead atoms. The highest BCUT2D eigenvalue weighted by Crippen LogP contribution is 2.61. The van der Waals surface area contributed by atoms with Gasteiger partial charge in [-0.05, 0) is 93.6 Å². The number of aliphatic hydroxyl groups excluding tert-OH is 1. The van der Waals surface area contributed by atoms with Gasteiger partial charge in [-0.15, -0.1) is 0 Å². The van der Waals surface area contributed by atoms with Crippen LogP contribution in [0.3, 0.4) is 0 Å². The fourth-order valence-electron chi connectivity index (χ4n) is 7.60. The third-order valence-corrected chi connectivity index (χ3v) is 10.0. The topological polar surface area (TPSA) is 93.1 Å². The van der Waals surface area contributed by atoms with Gasteiger partial charge in [0.25, 0.3) is 0 Å². The molecule has 0 amide bonds. The van der Waals surface area contributed by atoms with Gasteiger partial charge >= 0.3 is 11.9 Å². The normalized spacial score (nSPS) is 35.6. The molecule has 0 spiro atoms. The lowest BCUT2D eigenvalue weighted by Gasteiger charge is -2.52. The third-order valence-electron chi connectivity index (χ3n) is 10.0. The van der Waals surface area contributed by atoms with Crippen molar-refractivity contribution in [1.29, 1.82) is 0 Å². The fourth-order valence-corrected chi connectivity index (χ4v) is 7.60. The Hall–Kier alpha value is -1.92. The summed E-state index contributed by atoms with van der Waals surface area (Å²) in [4.78, 5) is 23.0. The maximum absolute atomic E-state index is 12.0. The van der Waals surface area contributed by atoms with Crippen molar-refractivity contribution >= 4 is 11.9 Å². The van der Waals surface area contributed by atoms with Gasteiger partial charge in [-0.3, -0.25) is 9.59 Å². The molecule has 0 aromatic rings. The Labute approximate surface area is 229 Å². The second-order valence-electron chi connectivity index (χ2n) is 13.0. The number of aliphatic hydroxyl groups is 2. The van der Waals surface area contributed by atoms with Crippen molar-refractivity contribution in [3.63, 3.8) is 0 Å². The van der Waals surface area contributed by atoms with Crippen LogP contribution in [0.2, 0.25) is 0 Å². The third kappa shape index (κ3) is 6.44. The molecule has 0 radical (unpaired) electrons. The summed E-state index contributed by atoms with van der Waals surface area (Å²) in [6.07, 6.45) is 11.3. The molecule has 3 aliphatic rings. The van der Waals surface area contributed by atoms with Gasteiger partial charge in [-0.2, -0.15) is 0 Å². The molecule has 0 aromatic heterocycles. The first-order valence-corrected chi connectivity index (χ1v) is 14.4. The van der Waals surface area contributed by atoms with Gasteiger partial charge < -0.3 is 19.7 Å². The molecule has 6 nitrogen and oxygen atoms in total. The molecule has 8 atom stereocenters. The van der Waals surface area contributed by atoms with E-state index in [4.69, 9.17) is 9.47 Å². The summed E-state index contributed by atoms with van der Waals surface area (Å²) in [7, 11) is 0. The smallest absolute Gasteiger partial charge is 0.303 e. The fraction of sp³-hybridized carbons (Fsp3) is 0.750. The molecule has 3 fully saturated rings. The standard InChI is InChI=1S/C32H50O6/c1-20-11-13-26(37-23(4)33)18-25(20)19-29(35)32(36)17-9-16-31(8)27(14-15-28(31)32)21(2)10-12-22(3)30(6,7)38-24(5)34/h10,12,19,21-22,26-29,35-36H,1,9,11,13-18H2,2-8H3/t21-,22+,26+,27-,28-,29?,31-,32?/m1/s1. The van der Waals surface area contributed by atoms with E-state index in [2.05, 4.69) is 39.5 Å². The highest BCUT2D eigenvalue weighted by Gasteiger charge is 2.59. The van der Waals surface area contributed by atoms with Crippen molar-refractivity contribution < 1.29 is 29.3 Å². The Kier molecular flexibility index (Phi) is 9.41. The van der Waals surface area contributed by atoms with Crippen molar-refractivity contribution in [2.75, 3.05) is 0 Å². The van der Waals surface area contributed by atoms with E-state index in [1.54, 1.807) is 6.08 Å². The van der Waals surface area contributed by atoms with Gasteiger partial charge in [0.15, 0.2) is 0 Å². The van der Waals surface area contributed by atoms with E-state index in [9.17, 15) is 19.8 Å². The average Bonchev–Trinajstić information content (AvgIpc) is 3.16. The molecule has 0 heterocycles. The Balaban J connectivity index is 1.76. The minimum atomic E-state index is -1.20. The summed E-state index contributed by atoms with van der Waals surface area (Å²) in [5, 5.41) is 23.5. The lowest BCUT2D eigenvalue weighted by Crippen LogP contribution is -2.56. The van der Waals surface area contributed by atoms with Crippen molar-refractivity contribution in [2.45, 2.75) is 123 Å². The highest BCUT2D eigenvalue weighted by molar-refractivity contribution is 5.66. The van der Waals surface area contributed by atoms with Crippen LogP contribution in [0.5, 0.6) is 0 Å². The Morgan fingerprint density at radius 3 is 2.42 bits per heavy atom. The molecule has 3 aliphatic carbocycles. The summed E-state index contributed by atoms with van der Waals surface area (Å²) in [6, 6.07) is 0. The van der Waals surface area contributed by atoms with Gasteiger partial charge in [0.1, 0.15) is 17.8 Å². The van der Waals surface area contributed by atoms with Gasteiger partial charge in [0, 0.05) is 26.2 Å². The summed E-state index contributed by atoms with van der Waals surface area (Å²) < 4.78 is 11.0. The zero-order chi connectivity index (χ0) is 28.5. The predicted octanol–water partition coefficient (Wildman–Crippen LogP) is 6.06. The van der Waals surface area contributed by atoms with Gasteiger partial charge in [0.2, 0.25) is 0 Å². The lowest BCUT2D eigenvalue weighted by molar-refractivity contribution is -0.156. The average molecular weight is 531 g/mol. The van der Waals surface area contributed by atoms with Crippen LogP contribution in [0, 0.1) is 29.1 Å². The molecule has 0 aliphatic heterocycles. The maximum atomic E-state index is 12.0. The second-order valence-corrected chi connectivity index (χ2v) is 13.0. The Bertz CT molecular complexity index is 963. The minimum absolute atomic E-state index is 0.00696. The number of ether oxygens (including phenoxy) is 2. The van der Waals surface area contributed by atoms with Crippen LogP contribution in [-0.2, 0) is 19.1 Å². The number of hydrogen-bond acceptors (Lipinski definition) is 6. The van der Waals surface area contributed by atoms with Crippen molar-refractivity contribution in [3.05, 3.63) is 36.0 Å². The number of esters is 2. The van der Waals surface area contributed by atoms with E-state index in [-0.39, 0.29) is 35.3 Å². The molecule has 6 heteroatoms. The molecule has 0 saturated heterocycles. The summed E-state index contributed by atoms with van der Waals surface area (Å²) in [6.45, 7) is 17.5. The largest absolute Gasteiger partial charge is 0.462 e. The molecule has 0 aromatic carbocycles. The van der Waals surface area contributed by atoms with Crippen LogP contribution < -0.4 is 0 Å². The number of carbonyl (C=O) groups is 2. The predicted molar refractivity (Wildman–Crippen MR) is 149 cm³/mol. The molecule has 3 saturated carbocycles. The SMILES string of the molecule is C=C1CC[C@H](OC(C)=O)CC1=CC(O)C1(O)CCC[C@]2(C)[C@@H]([C@H](C)C=C[C@H](C)C(C)(C)OC(C)=O)CC[C@@H]12. The number of carbonyl (C=O) groups excluding carboxylic acids is 2. The van der Waals surface area contributed by atoms with Gasteiger partial charge in [-0.1, -0.05) is 45.1 Å². The van der Waals surface area contributed by atoms with Crippen molar-refractivity contribution in [3.8, 4) is 0 Å². The quantitative estimate of drug-likeness (QED) is 0.293. The first-order valence-electron chi connectivity index (χ1n) is 14.4. The molecule has 3 rings (SSSR count). The first-order chi connectivity index (χ1) is 17.6. The maximum Gasteiger partial charge on any atom is 0.303 e. The Morgan fingerprint density at radius 1 is 1.11 bits per heavy atom. The molecule has 214 valence electrons. The van der Waals surface area contributed by atoms with Crippen LogP contribution in [0.4, 0.5) is 0 Å². The molecule has 2 N–H and O–H groups in total. The number of hydrogen-bond donors (Lipinski definition) is 2. The van der Waals surface area contributed by atoms with Crippen LogP contribution >= 0.6 is 0 Å². The summed E-state index contributed by atoms with van der Waals surface area (Å²) >= 11 is 0. The highest BCUT2D eigenvalue weighted by atomic mass is 16.6. The van der Waals surface area contributed by atoms with Crippen LogP contribution in [0.25, 0.3) is 0 Å². The monoisotopic (exact) mass is 530 g/mol. The van der Waals surface area contributed by atoms with Gasteiger partial charge in [-0.25, -0.2) is 0 Å². The van der Waals surface area contributed by atoms with E-state index in [0.717, 1.165) is 43.3 Å². The zero-order valence-electron chi connectivity index (χ0n) is 24.6. The van der Waals surface area contributed by atoms with Crippen molar-refractivity contribution in [2.24, 2.45) is 29.1 Å². The molecular formula is C32H50O6. The van der Waals surface area contributed by atoms with Crippen molar-refractivity contribution in [1.82, 2.24) is 0 Å². The number of allylic oxidation sites excluding steroid dienone is 2. The van der Waals surface area contributed by atoms with Crippen LogP contribution in [-0.4, -0.2) is 45.6 Å². The first kappa shape index (κ1) is 30.6. The van der Waals surface area contributed by atoms with Crippen LogP contribution in [0.1, 0.15) is 99.8 Å². The molecule has 38 heavy (non-hydrogen) atoms. The van der Waals surface area contributed by atoms with E-state index in [1.807, 2.05) is 13.8 Å². The zero-order valence-corrected chi connectivity index (χ0v) is 24.6.